The van der Waals surface area contributed by atoms with Crippen molar-refractivity contribution in [2.24, 2.45) is 5.92 Å². The van der Waals surface area contributed by atoms with Gasteiger partial charge in [-0.3, -0.25) is 4.79 Å². The molecule has 1 aliphatic heterocycles. The number of anilines is 1. The van der Waals surface area contributed by atoms with E-state index in [4.69, 9.17) is 5.11 Å². The quantitative estimate of drug-likeness (QED) is 0.492. The van der Waals surface area contributed by atoms with E-state index < -0.39 is 61.2 Å². The first-order valence-corrected chi connectivity index (χ1v) is 11.0. The molecule has 6 nitrogen and oxygen atoms in total. The number of carbonyl (C=O) groups is 1. The van der Waals surface area contributed by atoms with Crippen molar-refractivity contribution in [3.63, 3.8) is 0 Å². The predicted molar refractivity (Wildman–Crippen MR) is 104 cm³/mol. The number of piperidine rings is 1. The number of nitrogens with zero attached hydrogens (tertiary/aromatic N) is 1. The number of aliphatic hydroxyl groups excluding tert-OH is 1. The van der Waals surface area contributed by atoms with Gasteiger partial charge in [0.2, 0.25) is 10.0 Å². The van der Waals surface area contributed by atoms with Crippen LogP contribution >= 0.6 is 0 Å². The van der Waals surface area contributed by atoms with Crippen LogP contribution in [0.2, 0.25) is 0 Å². The maximum absolute atomic E-state index is 14.4. The lowest BCUT2D eigenvalue weighted by molar-refractivity contribution is 0.102. The molecule has 3 rings (SSSR count). The predicted octanol–water partition coefficient (Wildman–Crippen LogP) is 3.42. The summed E-state index contributed by atoms with van der Waals surface area (Å²) in [7, 11) is -4.42. The van der Waals surface area contributed by atoms with Crippen LogP contribution in [0.3, 0.4) is 0 Å². The number of nitrogens with one attached hydrogen (secondary N) is 1. The molecule has 0 bridgehead atoms. The van der Waals surface area contributed by atoms with Gasteiger partial charge in [0.05, 0.1) is 5.56 Å². The van der Waals surface area contributed by atoms with Crippen LogP contribution in [0.1, 0.15) is 29.6 Å². The highest BCUT2D eigenvalue weighted by molar-refractivity contribution is 7.89. The molecule has 32 heavy (non-hydrogen) atoms. The van der Waals surface area contributed by atoms with Crippen LogP contribution in [0, 0.1) is 35.0 Å². The summed E-state index contributed by atoms with van der Waals surface area (Å²) >= 11 is 0. The number of hydrogen-bond acceptors (Lipinski definition) is 4. The Kier molecular flexibility index (Phi) is 7.16. The summed E-state index contributed by atoms with van der Waals surface area (Å²) in [5, 5.41) is 10.9. The van der Waals surface area contributed by atoms with Gasteiger partial charge in [0, 0.05) is 43.6 Å². The van der Waals surface area contributed by atoms with Gasteiger partial charge in [0.15, 0.2) is 17.5 Å². The number of sulfonamides is 1. The Labute approximate surface area is 180 Å². The first-order valence-electron chi connectivity index (χ1n) is 9.60. The van der Waals surface area contributed by atoms with Crippen molar-refractivity contribution < 1.29 is 40.3 Å². The highest BCUT2D eigenvalue weighted by Gasteiger charge is 2.33. The molecule has 0 radical (unpaired) electrons. The van der Waals surface area contributed by atoms with E-state index in [0.717, 1.165) is 4.31 Å². The van der Waals surface area contributed by atoms with E-state index in [1.54, 1.807) is 0 Å². The number of carbonyl (C=O) groups excluding carboxylic acids is 1. The number of halogens is 5. The second-order valence-corrected chi connectivity index (χ2v) is 9.24. The van der Waals surface area contributed by atoms with E-state index in [1.807, 2.05) is 5.32 Å². The van der Waals surface area contributed by atoms with Crippen LogP contribution in [-0.4, -0.2) is 43.4 Å². The van der Waals surface area contributed by atoms with Crippen molar-refractivity contribution in [3.8, 4) is 0 Å². The molecule has 1 saturated heterocycles. The highest BCUT2D eigenvalue weighted by atomic mass is 32.2. The zero-order valence-corrected chi connectivity index (χ0v) is 17.4. The van der Waals surface area contributed by atoms with E-state index >= 15 is 0 Å². The lowest BCUT2D eigenvalue weighted by Gasteiger charge is -2.31. The molecule has 0 atom stereocenters. The molecule has 2 aromatic rings. The third-order valence-corrected chi connectivity index (χ3v) is 7.15. The molecule has 174 valence electrons. The van der Waals surface area contributed by atoms with Gasteiger partial charge < -0.3 is 10.4 Å². The fourth-order valence-electron chi connectivity index (χ4n) is 3.49. The van der Waals surface area contributed by atoms with Gasteiger partial charge in [-0.15, -0.1) is 0 Å². The molecular formula is C20H19F5N2O4S. The number of hydrogen-bond donors (Lipinski definition) is 2. The van der Waals surface area contributed by atoms with Crippen LogP contribution in [0.4, 0.5) is 27.6 Å². The van der Waals surface area contributed by atoms with Gasteiger partial charge >= 0.3 is 0 Å². The van der Waals surface area contributed by atoms with Gasteiger partial charge in [-0.25, -0.2) is 30.4 Å². The highest BCUT2D eigenvalue weighted by Crippen LogP contribution is 2.28. The molecule has 0 aromatic heterocycles. The minimum Gasteiger partial charge on any atom is -0.396 e. The summed E-state index contributed by atoms with van der Waals surface area (Å²) in [5.74, 6) is -8.99. The van der Waals surface area contributed by atoms with Crippen molar-refractivity contribution in [3.05, 3.63) is 58.9 Å². The van der Waals surface area contributed by atoms with Crippen LogP contribution in [0.15, 0.2) is 29.2 Å². The summed E-state index contributed by atoms with van der Waals surface area (Å²) in [6.45, 7) is 0.0727. The third-order valence-electron chi connectivity index (χ3n) is 5.24. The van der Waals surface area contributed by atoms with Gasteiger partial charge in [0.1, 0.15) is 16.5 Å². The third kappa shape index (κ3) is 4.92. The first kappa shape index (κ1) is 24.1. The normalized spacial score (nSPS) is 15.7. The molecule has 2 aromatic carbocycles. The van der Waals surface area contributed by atoms with Gasteiger partial charge in [-0.2, -0.15) is 4.31 Å². The van der Waals surface area contributed by atoms with E-state index in [0.29, 0.717) is 37.5 Å². The zero-order chi connectivity index (χ0) is 23.6. The Hall–Kier alpha value is -2.57. The topological polar surface area (TPSA) is 86.7 Å². The second kappa shape index (κ2) is 9.51. The molecule has 1 fully saturated rings. The monoisotopic (exact) mass is 478 g/mol. The Morgan fingerprint density at radius 2 is 1.56 bits per heavy atom. The Morgan fingerprint density at radius 3 is 2.12 bits per heavy atom. The minimum absolute atomic E-state index is 0.0374. The largest absolute Gasteiger partial charge is 0.396 e. The maximum atomic E-state index is 14.4. The number of aliphatic hydroxyl groups is 1. The van der Waals surface area contributed by atoms with Gasteiger partial charge in [-0.1, -0.05) is 0 Å². The van der Waals surface area contributed by atoms with Crippen molar-refractivity contribution in [1.82, 2.24) is 4.31 Å². The average molecular weight is 478 g/mol. The molecule has 0 saturated carbocycles. The van der Waals surface area contributed by atoms with Crippen molar-refractivity contribution in [2.45, 2.75) is 24.2 Å². The fraction of sp³-hybridized carbons (Fsp3) is 0.350. The lowest BCUT2D eigenvalue weighted by Crippen LogP contribution is -2.39. The van der Waals surface area contributed by atoms with Crippen LogP contribution < -0.4 is 5.32 Å². The fourth-order valence-corrected chi connectivity index (χ4v) is 5.03. The SMILES string of the molecule is O=C(Nc1cc(F)c(F)c(F)c1)c1cc(S(=O)(=O)N2CCC(CCO)CC2)c(F)cc1F. The Morgan fingerprint density at radius 1 is 0.969 bits per heavy atom. The summed E-state index contributed by atoms with van der Waals surface area (Å²) in [6, 6.07) is 1.63. The van der Waals surface area contributed by atoms with E-state index in [1.165, 1.54) is 0 Å². The average Bonchev–Trinajstić information content (AvgIpc) is 2.72. The molecule has 1 amide bonds. The number of benzene rings is 2. The molecule has 1 heterocycles. The molecule has 2 N–H and O–H groups in total. The van der Waals surface area contributed by atoms with Gasteiger partial charge in [0.25, 0.3) is 5.91 Å². The Balaban J connectivity index is 1.88. The summed E-state index contributed by atoms with van der Waals surface area (Å²) in [5.41, 5.74) is -1.43. The first-order chi connectivity index (χ1) is 15.0. The van der Waals surface area contributed by atoms with Crippen LogP contribution in [0.5, 0.6) is 0 Å². The van der Waals surface area contributed by atoms with Crippen molar-refractivity contribution in [2.75, 3.05) is 25.0 Å². The maximum Gasteiger partial charge on any atom is 0.258 e. The molecule has 1 aliphatic rings. The lowest BCUT2D eigenvalue weighted by atomic mass is 9.95. The van der Waals surface area contributed by atoms with Crippen molar-refractivity contribution >= 4 is 21.6 Å². The van der Waals surface area contributed by atoms with Crippen LogP contribution in [0.25, 0.3) is 0 Å². The van der Waals surface area contributed by atoms with E-state index in [2.05, 4.69) is 0 Å². The van der Waals surface area contributed by atoms with E-state index in [-0.39, 0.29) is 31.7 Å². The molecule has 12 heteroatoms. The molecule has 0 unspecified atom stereocenters. The zero-order valence-electron chi connectivity index (χ0n) is 16.5. The smallest absolute Gasteiger partial charge is 0.258 e. The number of amides is 1. The molecular weight excluding hydrogens is 459 g/mol. The Bertz CT molecular complexity index is 1110. The summed E-state index contributed by atoms with van der Waals surface area (Å²) in [6.07, 6.45) is 1.39. The minimum atomic E-state index is -4.42. The standard InChI is InChI=1S/C20H19F5N2O4S/c21-14-10-15(22)18(32(30,31)27-4-1-11(2-5-27)3-6-28)9-13(14)20(29)26-12-7-16(23)19(25)17(24)8-12/h7-11,28H,1-6H2,(H,26,29). The number of rotatable bonds is 6. The summed E-state index contributed by atoms with van der Waals surface area (Å²) in [4.78, 5) is 11.5. The van der Waals surface area contributed by atoms with Crippen LogP contribution in [-0.2, 0) is 10.0 Å². The molecule has 0 spiro atoms. The van der Waals surface area contributed by atoms with Gasteiger partial charge in [-0.05, 0) is 31.2 Å². The molecule has 0 aliphatic carbocycles. The summed E-state index contributed by atoms with van der Waals surface area (Å²) < 4.78 is 95.1. The van der Waals surface area contributed by atoms with Crippen molar-refractivity contribution in [1.29, 1.82) is 0 Å². The van der Waals surface area contributed by atoms with E-state index in [9.17, 15) is 35.2 Å². The second-order valence-electron chi connectivity index (χ2n) is 7.33.